The molecule has 0 aliphatic heterocycles. The van der Waals surface area contributed by atoms with Gasteiger partial charge in [0, 0.05) is 0 Å². The summed E-state index contributed by atoms with van der Waals surface area (Å²) < 4.78 is 25.4. The number of ether oxygens (including phenoxy) is 2. The molecule has 0 saturated carbocycles. The van der Waals surface area contributed by atoms with Crippen molar-refractivity contribution in [3.8, 4) is 0 Å². The van der Waals surface area contributed by atoms with Gasteiger partial charge in [0.2, 0.25) is 5.91 Å². The zero-order chi connectivity index (χ0) is 21.5. The minimum absolute atomic E-state index is 0.0930. The molecule has 0 heterocycles. The Hall–Kier alpha value is -3.17. The number of carbonyl (C=O) groups excluding carboxylic acids is 4. The fourth-order valence-corrected chi connectivity index (χ4v) is 2.27. The van der Waals surface area contributed by atoms with Gasteiger partial charge in [-0.3, -0.25) is 9.59 Å². The molecule has 1 aromatic carbocycles. The standard InChI is InChI=1S/C18H24FN3O6/c1-17(2,3)28-16(26)22-13(11-8-6-5-7-9-11)18(19,15(25)27-4)14(24)21-10-12(20)23/h5-9,13H,10H2,1-4H3,(H2,20,23)(H,21,24)(H,22,26)/t13-,18+/m0/s1. The highest BCUT2D eigenvalue weighted by atomic mass is 19.1. The average molecular weight is 397 g/mol. The molecular weight excluding hydrogens is 373 g/mol. The van der Waals surface area contributed by atoms with Gasteiger partial charge in [0.15, 0.2) is 0 Å². The fraction of sp³-hybridized carbons (Fsp3) is 0.444. The lowest BCUT2D eigenvalue weighted by Gasteiger charge is -2.32. The van der Waals surface area contributed by atoms with Crippen LogP contribution in [0, 0.1) is 0 Å². The van der Waals surface area contributed by atoms with Crippen LogP contribution in [0.4, 0.5) is 9.18 Å². The smallest absolute Gasteiger partial charge is 0.408 e. The molecule has 0 aromatic heterocycles. The predicted octanol–water partition coefficient (Wildman–Crippen LogP) is 0.735. The van der Waals surface area contributed by atoms with E-state index in [4.69, 9.17) is 10.5 Å². The van der Waals surface area contributed by atoms with Crippen LogP contribution in [-0.2, 0) is 23.9 Å². The number of esters is 1. The molecule has 0 saturated heterocycles. The van der Waals surface area contributed by atoms with Crippen LogP contribution in [0.5, 0.6) is 0 Å². The van der Waals surface area contributed by atoms with Gasteiger partial charge in [0.1, 0.15) is 11.6 Å². The van der Waals surface area contributed by atoms with Crippen molar-refractivity contribution in [2.75, 3.05) is 13.7 Å². The van der Waals surface area contributed by atoms with Crippen molar-refractivity contribution >= 4 is 23.9 Å². The number of hydrogen-bond acceptors (Lipinski definition) is 6. The van der Waals surface area contributed by atoms with E-state index in [1.165, 1.54) is 24.3 Å². The molecule has 0 spiro atoms. The van der Waals surface area contributed by atoms with Crippen molar-refractivity contribution in [1.29, 1.82) is 0 Å². The quantitative estimate of drug-likeness (QED) is 0.458. The summed E-state index contributed by atoms with van der Waals surface area (Å²) in [5, 5.41) is 4.13. The van der Waals surface area contributed by atoms with E-state index >= 15 is 4.39 Å². The Bertz CT molecular complexity index is 735. The Kier molecular flexibility index (Phi) is 7.48. The SMILES string of the molecule is COC(=O)[C@](F)(C(=O)NCC(N)=O)[C@@H](NC(=O)OC(C)(C)C)c1ccccc1. The molecule has 10 heteroatoms. The second-order valence-corrected chi connectivity index (χ2v) is 6.84. The van der Waals surface area contributed by atoms with E-state index in [9.17, 15) is 19.2 Å². The molecule has 3 amide bonds. The Morgan fingerprint density at radius 1 is 1.14 bits per heavy atom. The number of nitrogens with two attached hydrogens (primary N) is 1. The van der Waals surface area contributed by atoms with Gasteiger partial charge in [-0.25, -0.2) is 14.0 Å². The second kappa shape index (κ2) is 9.16. The predicted molar refractivity (Wildman–Crippen MR) is 96.6 cm³/mol. The number of carbonyl (C=O) groups is 4. The number of amides is 3. The van der Waals surface area contributed by atoms with Crippen LogP contribution < -0.4 is 16.4 Å². The van der Waals surface area contributed by atoms with Crippen LogP contribution in [0.3, 0.4) is 0 Å². The third kappa shape index (κ3) is 5.93. The van der Waals surface area contributed by atoms with Crippen molar-refractivity contribution in [3.63, 3.8) is 0 Å². The summed E-state index contributed by atoms with van der Waals surface area (Å²) in [6, 6.07) is 5.68. The lowest BCUT2D eigenvalue weighted by atomic mass is 9.89. The monoisotopic (exact) mass is 397 g/mol. The first kappa shape index (κ1) is 22.9. The van der Waals surface area contributed by atoms with Gasteiger partial charge in [-0.05, 0) is 26.3 Å². The molecule has 0 aliphatic rings. The van der Waals surface area contributed by atoms with Crippen LogP contribution in [0.15, 0.2) is 30.3 Å². The number of nitrogens with one attached hydrogen (secondary N) is 2. The summed E-state index contributed by atoms with van der Waals surface area (Å²) in [5.74, 6) is -4.01. The van der Waals surface area contributed by atoms with Gasteiger partial charge < -0.3 is 25.8 Å². The summed E-state index contributed by atoms with van der Waals surface area (Å²) in [6.45, 7) is 4.06. The molecule has 0 aliphatic carbocycles. The van der Waals surface area contributed by atoms with Gasteiger partial charge in [0.05, 0.1) is 13.7 Å². The van der Waals surface area contributed by atoms with Crippen molar-refractivity contribution in [3.05, 3.63) is 35.9 Å². The molecule has 28 heavy (non-hydrogen) atoms. The van der Waals surface area contributed by atoms with Crippen LogP contribution in [0.1, 0.15) is 32.4 Å². The number of hydrogen-bond donors (Lipinski definition) is 3. The topological polar surface area (TPSA) is 137 Å². The van der Waals surface area contributed by atoms with E-state index in [0.29, 0.717) is 0 Å². The number of alkyl halides is 1. The Morgan fingerprint density at radius 2 is 1.71 bits per heavy atom. The van der Waals surface area contributed by atoms with E-state index in [1.54, 1.807) is 26.8 Å². The first-order valence-electron chi connectivity index (χ1n) is 8.30. The van der Waals surface area contributed by atoms with Crippen LogP contribution in [-0.4, -0.2) is 48.8 Å². The first-order chi connectivity index (χ1) is 12.9. The van der Waals surface area contributed by atoms with Gasteiger partial charge in [-0.15, -0.1) is 0 Å². The Labute approximate surface area is 161 Å². The molecule has 0 fully saturated rings. The summed E-state index contributed by atoms with van der Waals surface area (Å²) in [6.07, 6.45) is -1.06. The maximum atomic E-state index is 15.9. The van der Waals surface area contributed by atoms with Gasteiger partial charge in [0.25, 0.3) is 5.91 Å². The van der Waals surface area contributed by atoms with Gasteiger partial charge in [-0.1, -0.05) is 30.3 Å². The minimum atomic E-state index is -3.40. The van der Waals surface area contributed by atoms with Crippen molar-refractivity contribution < 1.29 is 33.0 Å². The van der Waals surface area contributed by atoms with E-state index < -0.39 is 47.7 Å². The van der Waals surface area contributed by atoms with E-state index in [-0.39, 0.29) is 5.56 Å². The summed E-state index contributed by atoms with van der Waals surface area (Å²) in [4.78, 5) is 47.9. The van der Waals surface area contributed by atoms with Crippen molar-refractivity contribution in [1.82, 2.24) is 10.6 Å². The molecule has 9 nitrogen and oxygen atoms in total. The Balaban J connectivity index is 3.38. The molecule has 1 aromatic rings. The molecule has 0 radical (unpaired) electrons. The highest BCUT2D eigenvalue weighted by Crippen LogP contribution is 2.32. The number of rotatable bonds is 7. The number of halogens is 1. The maximum Gasteiger partial charge on any atom is 0.408 e. The molecule has 0 bridgehead atoms. The Morgan fingerprint density at radius 3 is 2.18 bits per heavy atom. The maximum absolute atomic E-state index is 15.9. The number of alkyl carbamates (subject to hydrolysis) is 1. The number of benzene rings is 1. The first-order valence-corrected chi connectivity index (χ1v) is 8.30. The average Bonchev–Trinajstić information content (AvgIpc) is 2.62. The lowest BCUT2D eigenvalue weighted by Crippen LogP contribution is -2.59. The van der Waals surface area contributed by atoms with E-state index in [1.807, 2.05) is 5.32 Å². The van der Waals surface area contributed by atoms with E-state index in [0.717, 1.165) is 7.11 Å². The van der Waals surface area contributed by atoms with Gasteiger partial charge in [-0.2, -0.15) is 0 Å². The molecule has 154 valence electrons. The van der Waals surface area contributed by atoms with Crippen LogP contribution in [0.2, 0.25) is 0 Å². The highest BCUT2D eigenvalue weighted by Gasteiger charge is 2.56. The second-order valence-electron chi connectivity index (χ2n) is 6.84. The van der Waals surface area contributed by atoms with Crippen LogP contribution in [0.25, 0.3) is 0 Å². The molecular formula is C18H24FN3O6. The summed E-state index contributed by atoms with van der Waals surface area (Å²) >= 11 is 0. The van der Waals surface area contributed by atoms with Crippen molar-refractivity contribution in [2.45, 2.75) is 38.1 Å². The molecule has 2 atom stereocenters. The highest BCUT2D eigenvalue weighted by molar-refractivity contribution is 6.08. The third-order valence-electron chi connectivity index (χ3n) is 3.43. The van der Waals surface area contributed by atoms with Crippen molar-refractivity contribution in [2.24, 2.45) is 5.73 Å². The fourth-order valence-electron chi connectivity index (χ4n) is 2.27. The molecule has 4 N–H and O–H groups in total. The minimum Gasteiger partial charge on any atom is -0.466 e. The van der Waals surface area contributed by atoms with Gasteiger partial charge >= 0.3 is 17.7 Å². The summed E-state index contributed by atoms with van der Waals surface area (Å²) in [5.41, 5.74) is 0.728. The zero-order valence-electron chi connectivity index (χ0n) is 16.1. The number of methoxy groups -OCH3 is 1. The zero-order valence-corrected chi connectivity index (χ0v) is 16.1. The number of primary amides is 1. The third-order valence-corrected chi connectivity index (χ3v) is 3.43. The molecule has 0 unspecified atom stereocenters. The normalized spacial score (nSPS) is 14.2. The van der Waals surface area contributed by atoms with E-state index in [2.05, 4.69) is 10.1 Å². The largest absolute Gasteiger partial charge is 0.466 e. The molecule has 1 rings (SSSR count). The summed E-state index contributed by atoms with van der Waals surface area (Å²) in [7, 11) is 0.882. The lowest BCUT2D eigenvalue weighted by molar-refractivity contribution is -0.164. The van der Waals surface area contributed by atoms with Crippen LogP contribution >= 0.6 is 0 Å².